The molecule has 0 amide bonds. The van der Waals surface area contributed by atoms with E-state index in [4.69, 9.17) is 1.37 Å². The van der Waals surface area contributed by atoms with Crippen LogP contribution in [0.5, 0.6) is 0 Å². The molecule has 14 heavy (non-hydrogen) atoms. The first-order chi connectivity index (χ1) is 7.38. The lowest BCUT2D eigenvalue weighted by Crippen LogP contribution is -2.26. The van der Waals surface area contributed by atoms with E-state index in [0.29, 0.717) is 6.90 Å². The summed E-state index contributed by atoms with van der Waals surface area (Å²) in [6.07, 6.45) is 0. The Morgan fingerprint density at radius 3 is 2.14 bits per heavy atom. The number of rotatable bonds is 2. The fraction of sp³-hybridized carbons (Fsp3) is 0.0769. The second-order valence-electron chi connectivity index (χ2n) is 3.30. The molecule has 2 aromatic rings. The van der Waals surface area contributed by atoms with Gasteiger partial charge in [-0.1, -0.05) is 71.1 Å². The fourth-order valence-corrected chi connectivity index (χ4v) is 1.36. The van der Waals surface area contributed by atoms with Gasteiger partial charge < -0.3 is 0 Å². The highest BCUT2D eigenvalue weighted by Gasteiger charge is 1.96. The standard InChI is InChI=1S/C13H12B/c1-11-7-9-13(10-8-11)14-12-5-3-2-4-6-12/h2-10H,1H3/i1D. The Bertz CT molecular complexity index is 408. The van der Waals surface area contributed by atoms with E-state index < -0.39 is 0 Å². The Morgan fingerprint density at radius 1 is 0.857 bits per heavy atom. The van der Waals surface area contributed by atoms with Crippen LogP contribution >= 0.6 is 0 Å². The molecule has 0 bridgehead atoms. The smallest absolute Gasteiger partial charge is 0.0814 e. The van der Waals surface area contributed by atoms with Crippen LogP contribution in [0.2, 0.25) is 0 Å². The van der Waals surface area contributed by atoms with Gasteiger partial charge in [-0.05, 0) is 6.90 Å². The summed E-state index contributed by atoms with van der Waals surface area (Å²) < 4.78 is 7.23. The van der Waals surface area contributed by atoms with Crippen LogP contribution in [-0.2, 0) is 0 Å². The molecule has 67 valence electrons. The fourth-order valence-electron chi connectivity index (χ4n) is 1.36. The summed E-state index contributed by atoms with van der Waals surface area (Å²) in [5.41, 5.74) is 3.44. The molecule has 0 saturated heterocycles. The van der Waals surface area contributed by atoms with Gasteiger partial charge in [-0.2, -0.15) is 0 Å². The zero-order chi connectivity index (χ0) is 10.5. The van der Waals surface area contributed by atoms with Crippen molar-refractivity contribution in [1.82, 2.24) is 0 Å². The van der Waals surface area contributed by atoms with Crippen molar-refractivity contribution in [2.45, 2.75) is 6.90 Å². The summed E-state index contributed by atoms with van der Waals surface area (Å²) in [4.78, 5) is 0. The first-order valence-corrected chi connectivity index (χ1v) is 4.66. The van der Waals surface area contributed by atoms with Crippen LogP contribution < -0.4 is 10.9 Å². The van der Waals surface area contributed by atoms with Crippen molar-refractivity contribution in [2.75, 3.05) is 0 Å². The van der Waals surface area contributed by atoms with Gasteiger partial charge in [0.05, 0.1) is 0 Å². The van der Waals surface area contributed by atoms with Crippen molar-refractivity contribution in [1.29, 1.82) is 0 Å². The normalized spacial score (nSPS) is 10.7. The van der Waals surface area contributed by atoms with Gasteiger partial charge in [-0.25, -0.2) is 0 Å². The average Bonchev–Trinajstić information content (AvgIpc) is 2.31. The number of hydrogen-bond acceptors (Lipinski definition) is 0. The molecule has 0 aliphatic rings. The van der Waals surface area contributed by atoms with Crippen LogP contribution in [-0.4, -0.2) is 7.28 Å². The average molecular weight is 180 g/mol. The van der Waals surface area contributed by atoms with Crippen molar-refractivity contribution in [2.24, 2.45) is 0 Å². The third kappa shape index (κ3) is 2.26. The Morgan fingerprint density at radius 2 is 1.50 bits per heavy atom. The summed E-state index contributed by atoms with van der Waals surface area (Å²) in [5.74, 6) is 0. The van der Waals surface area contributed by atoms with E-state index in [0.717, 1.165) is 5.56 Å². The molecule has 0 aliphatic heterocycles. The molecule has 1 heteroatoms. The minimum Gasteiger partial charge on any atom is -0.0814 e. The third-order valence-corrected chi connectivity index (χ3v) is 2.11. The van der Waals surface area contributed by atoms with Gasteiger partial charge in [-0.3, -0.25) is 0 Å². The molecule has 0 spiro atoms. The number of benzene rings is 2. The van der Waals surface area contributed by atoms with Gasteiger partial charge in [0.2, 0.25) is 0 Å². The summed E-state index contributed by atoms with van der Waals surface area (Å²) >= 11 is 0. The van der Waals surface area contributed by atoms with E-state index in [1.54, 1.807) is 0 Å². The van der Waals surface area contributed by atoms with Crippen molar-refractivity contribution < 1.29 is 1.37 Å². The van der Waals surface area contributed by atoms with Crippen molar-refractivity contribution in [3.8, 4) is 0 Å². The lowest BCUT2D eigenvalue weighted by Gasteiger charge is -2.00. The van der Waals surface area contributed by atoms with Crippen LogP contribution in [0, 0.1) is 6.90 Å². The monoisotopic (exact) mass is 180 g/mol. The molecule has 0 aromatic heterocycles. The zero-order valence-electron chi connectivity index (χ0n) is 8.98. The van der Waals surface area contributed by atoms with Crippen LogP contribution in [0.1, 0.15) is 6.93 Å². The Hall–Kier alpha value is -1.50. The lowest BCUT2D eigenvalue weighted by molar-refractivity contribution is 1.49. The van der Waals surface area contributed by atoms with E-state index in [2.05, 4.69) is 31.5 Å². The maximum Gasteiger partial charge on any atom is 0.191 e. The first kappa shape index (κ1) is 7.87. The minimum absolute atomic E-state index is 0.353. The summed E-state index contributed by atoms with van der Waals surface area (Å²) in [5, 5.41) is 0. The van der Waals surface area contributed by atoms with Crippen LogP contribution in [0.25, 0.3) is 0 Å². The third-order valence-electron chi connectivity index (χ3n) is 2.11. The van der Waals surface area contributed by atoms with Crippen molar-refractivity contribution in [3.05, 3.63) is 60.2 Å². The first-order valence-electron chi connectivity index (χ1n) is 5.37. The highest BCUT2D eigenvalue weighted by Crippen LogP contribution is 1.92. The number of aryl methyl sites for hydroxylation is 1. The number of hydrogen-bond donors (Lipinski definition) is 0. The van der Waals surface area contributed by atoms with Crippen LogP contribution in [0.3, 0.4) is 0 Å². The van der Waals surface area contributed by atoms with Gasteiger partial charge in [0.25, 0.3) is 0 Å². The molecule has 2 aromatic carbocycles. The summed E-state index contributed by atoms with van der Waals surface area (Å²) in [7, 11) is 2.13. The van der Waals surface area contributed by atoms with E-state index in [1.165, 1.54) is 10.9 Å². The Balaban J connectivity index is 2.11. The molecule has 0 aliphatic carbocycles. The highest BCUT2D eigenvalue weighted by molar-refractivity contribution is 6.67. The molecule has 0 N–H and O–H groups in total. The molecule has 2 rings (SSSR count). The predicted octanol–water partition coefficient (Wildman–Crippen LogP) is 1.65. The molecule has 0 nitrogen and oxygen atoms in total. The molecular weight excluding hydrogens is 167 g/mol. The van der Waals surface area contributed by atoms with Gasteiger partial charge >= 0.3 is 0 Å². The Labute approximate surface area is 87.2 Å². The van der Waals surface area contributed by atoms with Crippen LogP contribution in [0.4, 0.5) is 0 Å². The van der Waals surface area contributed by atoms with Crippen LogP contribution in [0.15, 0.2) is 54.6 Å². The second-order valence-corrected chi connectivity index (χ2v) is 3.30. The minimum atomic E-state index is 0.353. The van der Waals surface area contributed by atoms with Gasteiger partial charge in [0.15, 0.2) is 7.28 Å². The maximum absolute atomic E-state index is 7.23. The quantitative estimate of drug-likeness (QED) is 0.616. The maximum atomic E-state index is 7.23. The molecule has 1 radical (unpaired) electrons. The van der Waals surface area contributed by atoms with Crippen molar-refractivity contribution in [3.63, 3.8) is 0 Å². The zero-order valence-corrected chi connectivity index (χ0v) is 7.98. The summed E-state index contributed by atoms with van der Waals surface area (Å²) in [6.45, 7) is 0.353. The largest absolute Gasteiger partial charge is 0.191 e. The van der Waals surface area contributed by atoms with E-state index in [1.807, 2.05) is 30.3 Å². The summed E-state index contributed by atoms with van der Waals surface area (Å²) in [6, 6.07) is 18.3. The van der Waals surface area contributed by atoms with Gasteiger partial charge in [0, 0.05) is 1.37 Å². The Kier molecular flexibility index (Phi) is 2.33. The van der Waals surface area contributed by atoms with E-state index in [-0.39, 0.29) is 0 Å². The van der Waals surface area contributed by atoms with Gasteiger partial charge in [-0.15, -0.1) is 0 Å². The SMILES string of the molecule is [2H]Cc1ccc([B]c2ccccc2)cc1. The molecule has 0 heterocycles. The second kappa shape index (κ2) is 4.14. The lowest BCUT2D eigenvalue weighted by atomic mass is 9.64. The molecule has 0 saturated carbocycles. The van der Waals surface area contributed by atoms with E-state index in [9.17, 15) is 0 Å². The van der Waals surface area contributed by atoms with Gasteiger partial charge in [0.1, 0.15) is 0 Å². The molecule has 0 unspecified atom stereocenters. The molecule has 0 atom stereocenters. The van der Waals surface area contributed by atoms with E-state index >= 15 is 0 Å². The molecular formula is C13H12B. The topological polar surface area (TPSA) is 0 Å². The highest BCUT2D eigenvalue weighted by atomic mass is 13.9. The van der Waals surface area contributed by atoms with Crippen molar-refractivity contribution >= 4 is 18.2 Å². The predicted molar refractivity (Wildman–Crippen MR) is 62.6 cm³/mol. The molecule has 0 fully saturated rings.